The molecule has 4 nitrogen and oxygen atoms in total. The minimum Gasteiger partial charge on any atom is -0.469 e. The third-order valence-corrected chi connectivity index (χ3v) is 2.73. The van der Waals surface area contributed by atoms with Crippen LogP contribution in [0.1, 0.15) is 31.4 Å². The monoisotopic (exact) mass is 224 g/mol. The lowest BCUT2D eigenvalue weighted by Gasteiger charge is -2.07. The molecule has 1 atom stereocenters. The van der Waals surface area contributed by atoms with Crippen LogP contribution in [-0.2, 0) is 16.1 Å². The predicted octanol–water partition coefficient (Wildman–Crippen LogP) is 1.72. The van der Waals surface area contributed by atoms with Gasteiger partial charge < -0.3 is 14.6 Å². The molecule has 1 aromatic rings. The van der Waals surface area contributed by atoms with E-state index in [2.05, 4.69) is 33.8 Å². The minimum absolute atomic E-state index is 0.143. The SMILES string of the molecule is CNC(C)c1ccn(CCCC(=O)OC)c1. The van der Waals surface area contributed by atoms with Crippen LogP contribution in [0.4, 0.5) is 0 Å². The highest BCUT2D eigenvalue weighted by atomic mass is 16.5. The van der Waals surface area contributed by atoms with Crippen molar-refractivity contribution in [2.75, 3.05) is 14.2 Å². The largest absolute Gasteiger partial charge is 0.469 e. The van der Waals surface area contributed by atoms with Crippen molar-refractivity contribution in [3.8, 4) is 0 Å². The second-order valence-corrected chi connectivity index (χ2v) is 3.87. The third kappa shape index (κ3) is 3.70. The summed E-state index contributed by atoms with van der Waals surface area (Å²) in [6, 6.07) is 2.46. The summed E-state index contributed by atoms with van der Waals surface area (Å²) in [5.41, 5.74) is 1.26. The Morgan fingerprint density at radius 2 is 2.38 bits per heavy atom. The summed E-state index contributed by atoms with van der Waals surface area (Å²) in [7, 11) is 3.37. The number of carbonyl (C=O) groups excluding carboxylic acids is 1. The van der Waals surface area contributed by atoms with Crippen molar-refractivity contribution in [3.63, 3.8) is 0 Å². The number of aryl methyl sites for hydroxylation is 1. The van der Waals surface area contributed by atoms with Gasteiger partial charge in [-0.05, 0) is 32.0 Å². The van der Waals surface area contributed by atoms with E-state index in [-0.39, 0.29) is 5.97 Å². The Morgan fingerprint density at radius 1 is 1.62 bits per heavy atom. The van der Waals surface area contributed by atoms with E-state index in [0.717, 1.165) is 13.0 Å². The van der Waals surface area contributed by atoms with Gasteiger partial charge in [0.2, 0.25) is 0 Å². The van der Waals surface area contributed by atoms with E-state index in [1.807, 2.05) is 13.2 Å². The van der Waals surface area contributed by atoms with Crippen LogP contribution >= 0.6 is 0 Å². The van der Waals surface area contributed by atoms with Gasteiger partial charge in [0, 0.05) is 31.4 Å². The topological polar surface area (TPSA) is 43.3 Å². The van der Waals surface area contributed by atoms with E-state index >= 15 is 0 Å². The van der Waals surface area contributed by atoms with Crippen LogP contribution in [0.25, 0.3) is 0 Å². The van der Waals surface area contributed by atoms with Crippen LogP contribution in [0, 0.1) is 0 Å². The molecule has 0 saturated heterocycles. The summed E-state index contributed by atoms with van der Waals surface area (Å²) in [5.74, 6) is -0.143. The van der Waals surface area contributed by atoms with Gasteiger partial charge in [-0.15, -0.1) is 0 Å². The summed E-state index contributed by atoms with van der Waals surface area (Å²) >= 11 is 0. The van der Waals surface area contributed by atoms with Crippen LogP contribution in [0.2, 0.25) is 0 Å². The third-order valence-electron chi connectivity index (χ3n) is 2.73. The maximum absolute atomic E-state index is 10.9. The standard InChI is InChI=1S/C12H20N2O2/c1-10(13-2)11-6-8-14(9-11)7-4-5-12(15)16-3/h6,8-10,13H,4-5,7H2,1-3H3. The summed E-state index contributed by atoms with van der Waals surface area (Å²) in [6.45, 7) is 2.97. The summed E-state index contributed by atoms with van der Waals surface area (Å²) < 4.78 is 6.69. The van der Waals surface area contributed by atoms with Gasteiger partial charge in [-0.3, -0.25) is 4.79 Å². The van der Waals surface area contributed by atoms with E-state index in [1.165, 1.54) is 12.7 Å². The maximum Gasteiger partial charge on any atom is 0.305 e. The first-order valence-electron chi connectivity index (χ1n) is 5.57. The molecule has 1 N–H and O–H groups in total. The highest BCUT2D eigenvalue weighted by molar-refractivity contribution is 5.68. The smallest absolute Gasteiger partial charge is 0.305 e. The van der Waals surface area contributed by atoms with Crippen molar-refractivity contribution in [3.05, 3.63) is 24.0 Å². The summed E-state index contributed by atoms with van der Waals surface area (Å²) in [6.07, 6.45) is 5.44. The number of nitrogens with zero attached hydrogens (tertiary/aromatic N) is 1. The first-order chi connectivity index (χ1) is 7.67. The average Bonchev–Trinajstić information content (AvgIpc) is 2.76. The van der Waals surface area contributed by atoms with Crippen LogP contribution in [0.3, 0.4) is 0 Å². The maximum atomic E-state index is 10.9. The molecule has 4 heteroatoms. The summed E-state index contributed by atoms with van der Waals surface area (Å²) in [5, 5.41) is 3.19. The average molecular weight is 224 g/mol. The van der Waals surface area contributed by atoms with E-state index in [9.17, 15) is 4.79 Å². The van der Waals surface area contributed by atoms with Crippen molar-refractivity contribution in [2.45, 2.75) is 32.4 Å². The van der Waals surface area contributed by atoms with E-state index in [0.29, 0.717) is 12.5 Å². The minimum atomic E-state index is -0.143. The van der Waals surface area contributed by atoms with E-state index in [1.54, 1.807) is 0 Å². The molecular formula is C12H20N2O2. The lowest BCUT2D eigenvalue weighted by Crippen LogP contribution is -2.11. The van der Waals surface area contributed by atoms with Crippen molar-refractivity contribution in [2.24, 2.45) is 0 Å². The molecule has 0 amide bonds. The van der Waals surface area contributed by atoms with Crippen LogP contribution < -0.4 is 5.32 Å². The molecule has 0 aliphatic heterocycles. The molecule has 16 heavy (non-hydrogen) atoms. The van der Waals surface area contributed by atoms with Gasteiger partial charge >= 0.3 is 5.97 Å². The fourth-order valence-corrected chi connectivity index (χ4v) is 1.53. The molecule has 0 aliphatic rings. The van der Waals surface area contributed by atoms with Gasteiger partial charge in [-0.2, -0.15) is 0 Å². The zero-order valence-corrected chi connectivity index (χ0v) is 10.2. The Labute approximate surface area is 96.6 Å². The van der Waals surface area contributed by atoms with Crippen LogP contribution in [-0.4, -0.2) is 24.7 Å². The fourth-order valence-electron chi connectivity index (χ4n) is 1.53. The molecule has 1 unspecified atom stereocenters. The van der Waals surface area contributed by atoms with Gasteiger partial charge in [0.15, 0.2) is 0 Å². The lowest BCUT2D eigenvalue weighted by atomic mass is 10.2. The number of carbonyl (C=O) groups is 1. The normalized spacial score (nSPS) is 12.4. The first kappa shape index (κ1) is 12.8. The number of ether oxygens (including phenoxy) is 1. The van der Waals surface area contributed by atoms with Gasteiger partial charge in [0.1, 0.15) is 0 Å². The van der Waals surface area contributed by atoms with Gasteiger partial charge in [0.05, 0.1) is 7.11 Å². The molecule has 1 rings (SSSR count). The fraction of sp³-hybridized carbons (Fsp3) is 0.583. The number of hydrogen-bond donors (Lipinski definition) is 1. The lowest BCUT2D eigenvalue weighted by molar-refractivity contribution is -0.140. The molecule has 0 aromatic carbocycles. The van der Waals surface area contributed by atoms with Gasteiger partial charge in [0.25, 0.3) is 0 Å². The molecule has 1 heterocycles. The molecule has 0 aliphatic carbocycles. The number of aromatic nitrogens is 1. The second-order valence-electron chi connectivity index (χ2n) is 3.87. The number of methoxy groups -OCH3 is 1. The zero-order chi connectivity index (χ0) is 12.0. The summed E-state index contributed by atoms with van der Waals surface area (Å²) in [4.78, 5) is 10.9. The second kappa shape index (κ2) is 6.33. The molecule has 1 aromatic heterocycles. The highest BCUT2D eigenvalue weighted by Crippen LogP contribution is 2.12. The number of rotatable bonds is 6. The molecular weight excluding hydrogens is 204 g/mol. The Morgan fingerprint density at radius 3 is 3.00 bits per heavy atom. The quantitative estimate of drug-likeness (QED) is 0.748. The molecule has 0 fully saturated rings. The Balaban J connectivity index is 2.37. The molecule has 0 radical (unpaired) electrons. The van der Waals surface area contributed by atoms with Gasteiger partial charge in [-0.25, -0.2) is 0 Å². The van der Waals surface area contributed by atoms with Crippen molar-refractivity contribution < 1.29 is 9.53 Å². The van der Waals surface area contributed by atoms with Crippen molar-refractivity contribution >= 4 is 5.97 Å². The molecule has 0 spiro atoms. The Kier molecular flexibility index (Phi) is 5.05. The first-order valence-corrected chi connectivity index (χ1v) is 5.57. The van der Waals surface area contributed by atoms with E-state index < -0.39 is 0 Å². The number of hydrogen-bond acceptors (Lipinski definition) is 3. The van der Waals surface area contributed by atoms with Gasteiger partial charge in [-0.1, -0.05) is 0 Å². The zero-order valence-electron chi connectivity index (χ0n) is 10.2. The molecule has 0 bridgehead atoms. The van der Waals surface area contributed by atoms with E-state index in [4.69, 9.17) is 0 Å². The molecule has 90 valence electrons. The number of nitrogens with one attached hydrogen (secondary N) is 1. The Hall–Kier alpha value is -1.29. The number of esters is 1. The van der Waals surface area contributed by atoms with Crippen molar-refractivity contribution in [1.82, 2.24) is 9.88 Å². The Bertz CT molecular complexity index is 334. The predicted molar refractivity (Wildman–Crippen MR) is 63.2 cm³/mol. The van der Waals surface area contributed by atoms with Crippen LogP contribution in [0.5, 0.6) is 0 Å². The highest BCUT2D eigenvalue weighted by Gasteiger charge is 2.04. The van der Waals surface area contributed by atoms with Crippen molar-refractivity contribution in [1.29, 1.82) is 0 Å². The molecule has 0 saturated carbocycles. The van der Waals surface area contributed by atoms with Crippen LogP contribution in [0.15, 0.2) is 18.5 Å².